The summed E-state index contributed by atoms with van der Waals surface area (Å²) < 4.78 is 18.3. The van der Waals surface area contributed by atoms with Gasteiger partial charge in [0.1, 0.15) is 18.1 Å². The van der Waals surface area contributed by atoms with Gasteiger partial charge in [-0.2, -0.15) is 0 Å². The van der Waals surface area contributed by atoms with Crippen molar-refractivity contribution >= 4 is 5.97 Å². The van der Waals surface area contributed by atoms with Crippen LogP contribution in [0, 0.1) is 5.82 Å². The van der Waals surface area contributed by atoms with Crippen molar-refractivity contribution in [2.75, 3.05) is 0 Å². The van der Waals surface area contributed by atoms with E-state index in [2.05, 4.69) is 10.3 Å². The zero-order valence-electron chi connectivity index (χ0n) is 10.3. The van der Waals surface area contributed by atoms with E-state index in [9.17, 15) is 9.18 Å². The number of carboxylic acids is 1. The third-order valence-electron chi connectivity index (χ3n) is 2.58. The van der Waals surface area contributed by atoms with E-state index in [-0.39, 0.29) is 12.4 Å². The lowest BCUT2D eigenvalue weighted by Gasteiger charge is -2.05. The van der Waals surface area contributed by atoms with E-state index in [1.807, 2.05) is 0 Å². The third kappa shape index (κ3) is 3.38. The Morgan fingerprint density at radius 2 is 2.37 bits per heavy atom. The highest BCUT2D eigenvalue weighted by Gasteiger charge is 2.12. The molecule has 5 nitrogen and oxygen atoms in total. The smallest absolute Gasteiger partial charge is 0.320 e. The number of aromatic nitrogens is 1. The van der Waals surface area contributed by atoms with Gasteiger partial charge in [-0.25, -0.2) is 9.37 Å². The third-order valence-corrected chi connectivity index (χ3v) is 2.58. The molecule has 1 aromatic heterocycles. The number of aliphatic carboxylic acids is 1. The Bertz CT molecular complexity index is 583. The summed E-state index contributed by atoms with van der Waals surface area (Å²) in [7, 11) is 0. The maximum atomic E-state index is 13.1. The lowest BCUT2D eigenvalue weighted by molar-refractivity contribution is -0.139. The Labute approximate surface area is 109 Å². The fourth-order valence-electron chi connectivity index (χ4n) is 1.49. The second-order valence-electron chi connectivity index (χ2n) is 4.10. The van der Waals surface area contributed by atoms with Crippen LogP contribution in [0.5, 0.6) is 0 Å². The first-order chi connectivity index (χ1) is 9.06. The summed E-state index contributed by atoms with van der Waals surface area (Å²) >= 11 is 0. The highest BCUT2D eigenvalue weighted by molar-refractivity contribution is 5.72. The second kappa shape index (κ2) is 5.62. The largest absolute Gasteiger partial charge is 0.480 e. The number of hydrogen-bond donors (Lipinski definition) is 2. The minimum absolute atomic E-state index is 0.270. The van der Waals surface area contributed by atoms with E-state index < -0.39 is 12.0 Å². The van der Waals surface area contributed by atoms with E-state index in [1.54, 1.807) is 12.1 Å². The molecule has 2 rings (SSSR count). The van der Waals surface area contributed by atoms with Gasteiger partial charge in [-0.15, -0.1) is 0 Å². The van der Waals surface area contributed by atoms with Gasteiger partial charge in [-0.1, -0.05) is 6.07 Å². The van der Waals surface area contributed by atoms with Crippen LogP contribution in [0.15, 0.2) is 34.9 Å². The summed E-state index contributed by atoms with van der Waals surface area (Å²) in [5.74, 6) is -0.997. The number of nitrogens with zero attached hydrogens (tertiary/aromatic N) is 1. The molecule has 6 heteroatoms. The molecule has 19 heavy (non-hydrogen) atoms. The Hall–Kier alpha value is -2.21. The normalized spacial score (nSPS) is 12.3. The molecule has 0 fully saturated rings. The quantitative estimate of drug-likeness (QED) is 0.864. The molecule has 2 N–H and O–H groups in total. The van der Waals surface area contributed by atoms with Gasteiger partial charge in [-0.05, 0) is 25.1 Å². The van der Waals surface area contributed by atoms with Crippen LogP contribution in [0.4, 0.5) is 4.39 Å². The Balaban J connectivity index is 2.05. The topological polar surface area (TPSA) is 75.4 Å². The first kappa shape index (κ1) is 13.2. The fourth-order valence-corrected chi connectivity index (χ4v) is 1.49. The van der Waals surface area contributed by atoms with Crippen LogP contribution in [0.1, 0.15) is 12.6 Å². The fraction of sp³-hybridized carbons (Fsp3) is 0.231. The number of carboxylic acid groups (broad SMARTS) is 1. The van der Waals surface area contributed by atoms with Crippen molar-refractivity contribution in [1.82, 2.24) is 10.3 Å². The summed E-state index contributed by atoms with van der Waals surface area (Å²) in [4.78, 5) is 14.8. The molecular weight excluding hydrogens is 251 g/mol. The molecule has 0 aliphatic heterocycles. The Kier molecular flexibility index (Phi) is 3.91. The molecule has 0 saturated carbocycles. The molecule has 1 heterocycles. The van der Waals surface area contributed by atoms with E-state index in [4.69, 9.17) is 9.52 Å². The van der Waals surface area contributed by atoms with Crippen LogP contribution in [-0.4, -0.2) is 22.1 Å². The van der Waals surface area contributed by atoms with Gasteiger partial charge in [0.2, 0.25) is 5.89 Å². The number of carbonyl (C=O) groups is 1. The molecule has 0 unspecified atom stereocenters. The highest BCUT2D eigenvalue weighted by atomic mass is 19.1. The van der Waals surface area contributed by atoms with Gasteiger partial charge < -0.3 is 9.52 Å². The van der Waals surface area contributed by atoms with Gasteiger partial charge >= 0.3 is 5.97 Å². The first-order valence-electron chi connectivity index (χ1n) is 5.73. The SMILES string of the molecule is C[C@@H](NCc1coc(-c2cccc(F)c2)n1)C(=O)O. The van der Waals surface area contributed by atoms with Gasteiger partial charge in [0.15, 0.2) is 0 Å². The lowest BCUT2D eigenvalue weighted by Crippen LogP contribution is -2.33. The van der Waals surface area contributed by atoms with Crippen molar-refractivity contribution in [2.24, 2.45) is 0 Å². The van der Waals surface area contributed by atoms with Crippen LogP contribution in [0.2, 0.25) is 0 Å². The number of halogens is 1. The van der Waals surface area contributed by atoms with Gasteiger partial charge in [0.05, 0.1) is 5.69 Å². The molecule has 0 saturated heterocycles. The second-order valence-corrected chi connectivity index (χ2v) is 4.10. The summed E-state index contributed by atoms with van der Waals surface area (Å²) in [5, 5.41) is 11.5. The van der Waals surface area contributed by atoms with E-state index in [0.29, 0.717) is 17.1 Å². The number of oxazole rings is 1. The maximum Gasteiger partial charge on any atom is 0.320 e. The van der Waals surface area contributed by atoms with Crippen molar-refractivity contribution in [3.8, 4) is 11.5 Å². The minimum atomic E-state index is -0.936. The van der Waals surface area contributed by atoms with Crippen molar-refractivity contribution < 1.29 is 18.7 Å². The van der Waals surface area contributed by atoms with Crippen LogP contribution in [0.25, 0.3) is 11.5 Å². The summed E-state index contributed by atoms with van der Waals surface area (Å²) in [6.45, 7) is 1.81. The molecular formula is C13H13FN2O3. The molecule has 100 valence electrons. The zero-order chi connectivity index (χ0) is 13.8. The van der Waals surface area contributed by atoms with Crippen LogP contribution >= 0.6 is 0 Å². The Morgan fingerprint density at radius 3 is 3.05 bits per heavy atom. The van der Waals surface area contributed by atoms with Crippen LogP contribution in [0.3, 0.4) is 0 Å². The number of benzene rings is 1. The number of nitrogens with one attached hydrogen (secondary N) is 1. The van der Waals surface area contributed by atoms with Gasteiger partial charge in [0, 0.05) is 12.1 Å². The van der Waals surface area contributed by atoms with Gasteiger partial charge in [0.25, 0.3) is 0 Å². The average Bonchev–Trinajstić information content (AvgIpc) is 2.84. The monoisotopic (exact) mass is 264 g/mol. The molecule has 0 radical (unpaired) electrons. The van der Waals surface area contributed by atoms with Crippen molar-refractivity contribution in [3.63, 3.8) is 0 Å². The van der Waals surface area contributed by atoms with E-state index in [0.717, 1.165) is 0 Å². The average molecular weight is 264 g/mol. The van der Waals surface area contributed by atoms with E-state index >= 15 is 0 Å². The first-order valence-corrected chi connectivity index (χ1v) is 5.73. The molecule has 2 aromatic rings. The molecule has 0 spiro atoms. The van der Waals surface area contributed by atoms with Crippen LogP contribution < -0.4 is 5.32 Å². The van der Waals surface area contributed by atoms with Crippen molar-refractivity contribution in [1.29, 1.82) is 0 Å². The molecule has 1 aromatic carbocycles. The molecule has 0 amide bonds. The molecule has 1 atom stereocenters. The Morgan fingerprint density at radius 1 is 1.58 bits per heavy atom. The zero-order valence-corrected chi connectivity index (χ0v) is 10.3. The van der Waals surface area contributed by atoms with E-state index in [1.165, 1.54) is 25.3 Å². The lowest BCUT2D eigenvalue weighted by atomic mass is 10.2. The maximum absolute atomic E-state index is 13.1. The highest BCUT2D eigenvalue weighted by Crippen LogP contribution is 2.19. The molecule has 0 bridgehead atoms. The van der Waals surface area contributed by atoms with Crippen molar-refractivity contribution in [3.05, 3.63) is 42.0 Å². The van der Waals surface area contributed by atoms with Crippen molar-refractivity contribution in [2.45, 2.75) is 19.5 Å². The predicted molar refractivity (Wildman–Crippen MR) is 65.8 cm³/mol. The molecule has 0 aliphatic carbocycles. The van der Waals surface area contributed by atoms with Crippen LogP contribution in [-0.2, 0) is 11.3 Å². The molecule has 0 aliphatic rings. The van der Waals surface area contributed by atoms with Gasteiger partial charge in [-0.3, -0.25) is 10.1 Å². The summed E-state index contributed by atoms with van der Waals surface area (Å²) in [6.07, 6.45) is 1.42. The summed E-state index contributed by atoms with van der Waals surface area (Å²) in [6, 6.07) is 5.24. The minimum Gasteiger partial charge on any atom is -0.480 e. The standard InChI is InChI=1S/C13H13FN2O3/c1-8(13(17)18)15-6-11-7-19-12(16-11)9-3-2-4-10(14)5-9/h2-5,7-8,15H,6H2,1H3,(H,17,18)/t8-/m1/s1. The number of hydrogen-bond acceptors (Lipinski definition) is 4. The predicted octanol–water partition coefficient (Wildman–Crippen LogP) is 2.04. The number of rotatable bonds is 5. The summed E-state index contributed by atoms with van der Waals surface area (Å²) in [5.41, 5.74) is 1.10.